The zero-order valence-corrected chi connectivity index (χ0v) is 13.1. The van der Waals surface area contributed by atoms with Crippen molar-refractivity contribution in [1.29, 1.82) is 0 Å². The van der Waals surface area contributed by atoms with Crippen LogP contribution in [0.2, 0.25) is 0 Å². The van der Waals surface area contributed by atoms with Crippen molar-refractivity contribution in [3.05, 3.63) is 0 Å². The Morgan fingerprint density at radius 3 is 2.32 bits per heavy atom. The van der Waals surface area contributed by atoms with Crippen molar-refractivity contribution in [3.8, 4) is 0 Å². The maximum absolute atomic E-state index is 12.0. The first-order valence-electron chi connectivity index (χ1n) is 7.76. The standard InChI is InChI=1S/C15H31N3O/c1-5-14(4)16-12-15(19)18-10-8-17(9-11-18)7-6-13(2)3/h13-14,16H,5-12H2,1-4H3. The second-order valence-corrected chi connectivity index (χ2v) is 6.10. The first-order chi connectivity index (χ1) is 9.02. The van der Waals surface area contributed by atoms with E-state index in [1.54, 1.807) is 0 Å². The van der Waals surface area contributed by atoms with Gasteiger partial charge < -0.3 is 10.2 Å². The highest BCUT2D eigenvalue weighted by molar-refractivity contribution is 5.78. The summed E-state index contributed by atoms with van der Waals surface area (Å²) >= 11 is 0. The van der Waals surface area contributed by atoms with Crippen molar-refractivity contribution in [3.63, 3.8) is 0 Å². The van der Waals surface area contributed by atoms with Crippen molar-refractivity contribution in [2.75, 3.05) is 39.3 Å². The molecule has 1 N–H and O–H groups in total. The molecule has 0 saturated carbocycles. The lowest BCUT2D eigenvalue weighted by Crippen LogP contribution is -2.51. The highest BCUT2D eigenvalue weighted by Crippen LogP contribution is 2.06. The number of amides is 1. The molecule has 1 rings (SSSR count). The van der Waals surface area contributed by atoms with Crippen LogP contribution >= 0.6 is 0 Å². The Bertz CT molecular complexity index is 260. The molecule has 1 fully saturated rings. The van der Waals surface area contributed by atoms with Crippen LogP contribution in [0.1, 0.15) is 40.5 Å². The summed E-state index contributed by atoms with van der Waals surface area (Å²) in [4.78, 5) is 16.5. The van der Waals surface area contributed by atoms with Gasteiger partial charge in [-0.15, -0.1) is 0 Å². The Balaban J connectivity index is 2.19. The Hall–Kier alpha value is -0.610. The molecule has 0 aromatic carbocycles. The predicted molar refractivity (Wildman–Crippen MR) is 80.2 cm³/mol. The van der Waals surface area contributed by atoms with Gasteiger partial charge in [0.25, 0.3) is 0 Å². The summed E-state index contributed by atoms with van der Waals surface area (Å²) in [6.07, 6.45) is 2.32. The molecule has 4 heteroatoms. The zero-order valence-electron chi connectivity index (χ0n) is 13.1. The lowest BCUT2D eigenvalue weighted by molar-refractivity contribution is -0.132. The minimum atomic E-state index is 0.254. The maximum Gasteiger partial charge on any atom is 0.236 e. The summed E-state index contributed by atoms with van der Waals surface area (Å²) in [5.41, 5.74) is 0. The number of rotatable bonds is 7. The summed E-state index contributed by atoms with van der Waals surface area (Å²) in [5.74, 6) is 1.02. The van der Waals surface area contributed by atoms with Crippen LogP contribution in [0, 0.1) is 5.92 Å². The van der Waals surface area contributed by atoms with Crippen molar-refractivity contribution >= 4 is 5.91 Å². The summed E-state index contributed by atoms with van der Waals surface area (Å²) in [6, 6.07) is 0.427. The van der Waals surface area contributed by atoms with Crippen LogP contribution in [0.4, 0.5) is 0 Å². The first-order valence-corrected chi connectivity index (χ1v) is 7.76. The third kappa shape index (κ3) is 6.39. The molecular formula is C15H31N3O. The molecule has 0 aromatic heterocycles. The Labute approximate surface area is 118 Å². The summed E-state index contributed by atoms with van der Waals surface area (Å²) in [7, 11) is 0. The van der Waals surface area contributed by atoms with Crippen LogP contribution in [-0.2, 0) is 4.79 Å². The van der Waals surface area contributed by atoms with E-state index in [0.29, 0.717) is 12.6 Å². The normalized spacial score (nSPS) is 18.9. The van der Waals surface area contributed by atoms with E-state index in [4.69, 9.17) is 0 Å². The van der Waals surface area contributed by atoms with Crippen LogP contribution in [0.3, 0.4) is 0 Å². The smallest absolute Gasteiger partial charge is 0.236 e. The van der Waals surface area contributed by atoms with Crippen molar-refractivity contribution in [2.24, 2.45) is 5.92 Å². The fourth-order valence-corrected chi connectivity index (χ4v) is 2.18. The molecule has 4 nitrogen and oxygen atoms in total. The molecule has 112 valence electrons. The quantitative estimate of drug-likeness (QED) is 0.762. The second kappa shape index (κ2) is 8.54. The van der Waals surface area contributed by atoms with Crippen molar-refractivity contribution in [2.45, 2.75) is 46.6 Å². The molecule has 1 unspecified atom stereocenters. The Morgan fingerprint density at radius 2 is 1.79 bits per heavy atom. The number of nitrogens with zero attached hydrogens (tertiary/aromatic N) is 2. The van der Waals surface area contributed by atoms with Crippen molar-refractivity contribution < 1.29 is 4.79 Å². The van der Waals surface area contributed by atoms with Gasteiger partial charge in [-0.1, -0.05) is 20.8 Å². The van der Waals surface area contributed by atoms with Crippen LogP contribution in [0.5, 0.6) is 0 Å². The minimum Gasteiger partial charge on any atom is -0.339 e. The fourth-order valence-electron chi connectivity index (χ4n) is 2.18. The molecule has 1 aliphatic heterocycles. The minimum absolute atomic E-state index is 0.254. The van der Waals surface area contributed by atoms with E-state index in [9.17, 15) is 4.79 Å². The van der Waals surface area contributed by atoms with Gasteiger partial charge in [-0.25, -0.2) is 0 Å². The second-order valence-electron chi connectivity index (χ2n) is 6.10. The molecule has 19 heavy (non-hydrogen) atoms. The largest absolute Gasteiger partial charge is 0.339 e. The molecule has 1 amide bonds. The summed E-state index contributed by atoms with van der Waals surface area (Å²) in [5, 5.41) is 3.28. The number of carbonyl (C=O) groups is 1. The van der Waals surface area contributed by atoms with Gasteiger partial charge in [0, 0.05) is 32.2 Å². The van der Waals surface area contributed by atoms with Crippen LogP contribution < -0.4 is 5.32 Å². The van der Waals surface area contributed by atoms with Gasteiger partial charge in [-0.2, -0.15) is 0 Å². The Morgan fingerprint density at radius 1 is 1.16 bits per heavy atom. The molecule has 0 radical (unpaired) electrons. The van der Waals surface area contributed by atoms with Gasteiger partial charge in [-0.05, 0) is 32.2 Å². The summed E-state index contributed by atoms with van der Waals surface area (Å²) in [6.45, 7) is 14.3. The highest BCUT2D eigenvalue weighted by atomic mass is 16.2. The topological polar surface area (TPSA) is 35.6 Å². The summed E-state index contributed by atoms with van der Waals surface area (Å²) < 4.78 is 0. The number of nitrogens with one attached hydrogen (secondary N) is 1. The van der Waals surface area contributed by atoms with Crippen molar-refractivity contribution in [1.82, 2.24) is 15.1 Å². The van der Waals surface area contributed by atoms with Crippen LogP contribution in [-0.4, -0.2) is 61.0 Å². The molecule has 0 aromatic rings. The van der Waals surface area contributed by atoms with E-state index in [2.05, 4.69) is 37.9 Å². The lowest BCUT2D eigenvalue weighted by atomic mass is 10.1. The molecule has 1 aliphatic rings. The highest BCUT2D eigenvalue weighted by Gasteiger charge is 2.20. The lowest BCUT2D eigenvalue weighted by Gasteiger charge is -2.35. The first kappa shape index (κ1) is 16.4. The molecule has 1 heterocycles. The average molecular weight is 269 g/mol. The fraction of sp³-hybridized carbons (Fsp3) is 0.933. The molecule has 1 atom stereocenters. The SMILES string of the molecule is CCC(C)NCC(=O)N1CCN(CCC(C)C)CC1. The number of carbonyl (C=O) groups excluding carboxylic acids is 1. The van der Waals surface area contributed by atoms with Crippen LogP contribution in [0.25, 0.3) is 0 Å². The molecule has 0 aliphatic carbocycles. The molecule has 1 saturated heterocycles. The number of hydrogen-bond acceptors (Lipinski definition) is 3. The van der Waals surface area contributed by atoms with Crippen LogP contribution in [0.15, 0.2) is 0 Å². The van der Waals surface area contributed by atoms with E-state index < -0.39 is 0 Å². The molecule has 0 spiro atoms. The third-order valence-electron chi connectivity index (χ3n) is 3.96. The maximum atomic E-state index is 12.0. The third-order valence-corrected chi connectivity index (χ3v) is 3.96. The van der Waals surface area contributed by atoms with E-state index in [0.717, 1.165) is 38.5 Å². The Kier molecular flexibility index (Phi) is 7.39. The van der Waals surface area contributed by atoms with Gasteiger partial charge in [0.15, 0.2) is 0 Å². The van der Waals surface area contributed by atoms with Gasteiger partial charge in [-0.3, -0.25) is 9.69 Å². The van der Waals surface area contributed by atoms with E-state index in [-0.39, 0.29) is 5.91 Å². The van der Waals surface area contributed by atoms with E-state index >= 15 is 0 Å². The zero-order chi connectivity index (χ0) is 14.3. The monoisotopic (exact) mass is 269 g/mol. The molecular weight excluding hydrogens is 238 g/mol. The van der Waals surface area contributed by atoms with E-state index in [1.165, 1.54) is 13.0 Å². The number of piperazine rings is 1. The molecule has 0 bridgehead atoms. The number of hydrogen-bond donors (Lipinski definition) is 1. The predicted octanol–water partition coefficient (Wildman–Crippen LogP) is 1.56. The van der Waals surface area contributed by atoms with E-state index in [1.807, 2.05) is 4.90 Å². The van der Waals surface area contributed by atoms with Gasteiger partial charge in [0.05, 0.1) is 6.54 Å². The average Bonchev–Trinajstić information content (AvgIpc) is 2.42. The van der Waals surface area contributed by atoms with Gasteiger partial charge in [0.1, 0.15) is 0 Å². The van der Waals surface area contributed by atoms with Gasteiger partial charge >= 0.3 is 0 Å². The van der Waals surface area contributed by atoms with Gasteiger partial charge in [0.2, 0.25) is 5.91 Å².